The number of rotatable bonds is 34. The molecule has 0 fully saturated rings. The summed E-state index contributed by atoms with van der Waals surface area (Å²) in [5.41, 5.74) is 8.34. The van der Waals surface area contributed by atoms with Crippen LogP contribution in [0, 0.1) is 25.7 Å². The predicted octanol–water partition coefficient (Wildman–Crippen LogP) is 20.2. The molecule has 0 radical (unpaired) electrons. The SMILES string of the molecule is C=C(CCC(CCCCCC)CCCCCCCC)C(CSC)c1ccc2c(C)c(C(C)(C)C(=C)C)ccc2c1C.CCCCCCCCC(CC)CCCCCC. The van der Waals surface area contributed by atoms with Gasteiger partial charge in [0.2, 0.25) is 0 Å². The zero-order valence-corrected chi connectivity index (χ0v) is 42.0. The number of fused-ring (bicyclic) bond motifs is 1. The van der Waals surface area contributed by atoms with E-state index in [0.717, 1.165) is 17.6 Å². The molecular formula is C57H100S. The first-order valence-electron chi connectivity index (χ1n) is 25.3. The third kappa shape index (κ3) is 20.9. The quantitative estimate of drug-likeness (QED) is 0.0501. The molecule has 0 amide bonds. The van der Waals surface area contributed by atoms with Crippen LogP contribution in [0.4, 0.5) is 0 Å². The van der Waals surface area contributed by atoms with Crippen LogP contribution >= 0.6 is 11.8 Å². The fourth-order valence-electron chi connectivity index (χ4n) is 9.30. The topological polar surface area (TPSA) is 0 Å². The Hall–Kier alpha value is -1.47. The summed E-state index contributed by atoms with van der Waals surface area (Å²) in [5, 5.41) is 2.79. The van der Waals surface area contributed by atoms with E-state index < -0.39 is 0 Å². The zero-order valence-electron chi connectivity index (χ0n) is 41.2. The molecule has 0 saturated carbocycles. The van der Waals surface area contributed by atoms with Crippen LogP contribution < -0.4 is 0 Å². The first kappa shape index (κ1) is 54.5. The first-order valence-corrected chi connectivity index (χ1v) is 26.7. The van der Waals surface area contributed by atoms with Crippen LogP contribution in [0.2, 0.25) is 0 Å². The molecule has 0 bridgehead atoms. The summed E-state index contributed by atoms with van der Waals surface area (Å²) in [6.07, 6.45) is 40.3. The van der Waals surface area contributed by atoms with Crippen molar-refractivity contribution in [2.24, 2.45) is 11.8 Å². The highest BCUT2D eigenvalue weighted by Crippen LogP contribution is 2.40. The third-order valence-corrected chi connectivity index (χ3v) is 14.7. The summed E-state index contributed by atoms with van der Waals surface area (Å²) in [6, 6.07) is 9.54. The number of unbranched alkanes of at least 4 members (excludes halogenated alkanes) is 16. The Morgan fingerprint density at radius 1 is 0.552 bits per heavy atom. The van der Waals surface area contributed by atoms with Crippen molar-refractivity contribution >= 4 is 22.5 Å². The van der Waals surface area contributed by atoms with E-state index in [9.17, 15) is 0 Å². The lowest BCUT2D eigenvalue weighted by Gasteiger charge is -2.29. The monoisotopic (exact) mass is 817 g/mol. The molecule has 3 unspecified atom stereocenters. The Kier molecular flexibility index (Phi) is 31.2. The average molecular weight is 817 g/mol. The molecule has 0 aliphatic heterocycles. The van der Waals surface area contributed by atoms with Crippen LogP contribution in [0.1, 0.15) is 257 Å². The maximum atomic E-state index is 4.74. The van der Waals surface area contributed by atoms with Crippen molar-refractivity contribution in [2.75, 3.05) is 12.0 Å². The van der Waals surface area contributed by atoms with Gasteiger partial charge in [0, 0.05) is 17.1 Å². The number of aryl methyl sites for hydroxylation is 2. The van der Waals surface area contributed by atoms with Crippen molar-refractivity contribution < 1.29 is 0 Å². The van der Waals surface area contributed by atoms with Crippen molar-refractivity contribution in [3.05, 3.63) is 70.8 Å². The van der Waals surface area contributed by atoms with Gasteiger partial charge in [-0.15, -0.1) is 0 Å². The number of allylic oxidation sites excluding steroid dienone is 2. The molecule has 0 aliphatic carbocycles. The van der Waals surface area contributed by atoms with E-state index >= 15 is 0 Å². The van der Waals surface area contributed by atoms with Gasteiger partial charge in [0.1, 0.15) is 0 Å². The summed E-state index contributed by atoms with van der Waals surface area (Å²) in [7, 11) is 0. The maximum Gasteiger partial charge on any atom is 0.0139 e. The molecule has 334 valence electrons. The lowest BCUT2D eigenvalue weighted by molar-refractivity contribution is 0.379. The third-order valence-electron chi connectivity index (χ3n) is 14.0. The molecule has 2 rings (SSSR count). The standard InChI is InChI=1S/C40H64S.C17H36/c1-11-13-15-17-18-20-22-34(21-19-16-14-12-2)24-23-31(5)38(29-41-10)36-25-26-37-33(7)39(40(8,9)30(3)4)28-27-35(37)32(36)6;1-4-7-9-11-12-14-16-17(6-3)15-13-10-8-5-2/h25-28,34,38H,3,5,11-24,29H2,1-2,4,6-10H3;17H,4-16H2,1-3H3. The van der Waals surface area contributed by atoms with Gasteiger partial charge in [-0.05, 0) is 84.7 Å². The van der Waals surface area contributed by atoms with Gasteiger partial charge >= 0.3 is 0 Å². The van der Waals surface area contributed by atoms with Crippen molar-refractivity contribution in [3.8, 4) is 0 Å². The van der Waals surface area contributed by atoms with Crippen LogP contribution in [0.25, 0.3) is 10.8 Å². The molecular weight excluding hydrogens is 717 g/mol. The van der Waals surface area contributed by atoms with Crippen molar-refractivity contribution in [1.82, 2.24) is 0 Å². The summed E-state index contributed by atoms with van der Waals surface area (Å²) in [5.74, 6) is 3.43. The molecule has 2 aromatic rings. The highest BCUT2D eigenvalue weighted by Gasteiger charge is 2.25. The molecule has 0 spiro atoms. The number of thioether (sulfide) groups is 1. The lowest BCUT2D eigenvalue weighted by atomic mass is 9.75. The van der Waals surface area contributed by atoms with E-state index in [2.05, 4.69) is 106 Å². The predicted molar refractivity (Wildman–Crippen MR) is 272 cm³/mol. The van der Waals surface area contributed by atoms with E-state index in [1.54, 1.807) is 0 Å². The maximum absolute atomic E-state index is 4.74. The van der Waals surface area contributed by atoms with Crippen LogP contribution in [-0.2, 0) is 5.41 Å². The molecule has 0 nitrogen and oxygen atoms in total. The largest absolute Gasteiger partial charge is 0.164 e. The Morgan fingerprint density at radius 3 is 1.41 bits per heavy atom. The van der Waals surface area contributed by atoms with E-state index in [-0.39, 0.29) is 5.41 Å². The molecule has 0 saturated heterocycles. The molecule has 3 atom stereocenters. The molecule has 58 heavy (non-hydrogen) atoms. The van der Waals surface area contributed by atoms with Crippen molar-refractivity contribution in [1.29, 1.82) is 0 Å². The van der Waals surface area contributed by atoms with Gasteiger partial charge in [-0.1, -0.05) is 258 Å². The van der Waals surface area contributed by atoms with Gasteiger partial charge in [0.25, 0.3) is 0 Å². The van der Waals surface area contributed by atoms with Gasteiger partial charge in [-0.2, -0.15) is 11.8 Å². The summed E-state index contributed by atoms with van der Waals surface area (Å²) in [4.78, 5) is 0. The van der Waals surface area contributed by atoms with Crippen LogP contribution in [0.5, 0.6) is 0 Å². The average Bonchev–Trinajstić information content (AvgIpc) is 3.21. The van der Waals surface area contributed by atoms with E-state index in [1.807, 2.05) is 11.8 Å². The Bertz CT molecular complexity index is 1340. The molecule has 0 heterocycles. The van der Waals surface area contributed by atoms with Crippen LogP contribution in [-0.4, -0.2) is 12.0 Å². The molecule has 2 aromatic carbocycles. The normalized spacial score (nSPS) is 13.3. The van der Waals surface area contributed by atoms with Gasteiger partial charge in [0.05, 0.1) is 0 Å². The van der Waals surface area contributed by atoms with E-state index in [0.29, 0.717) is 5.92 Å². The Labute approximate surface area is 369 Å². The fourth-order valence-corrected chi connectivity index (χ4v) is 10.0. The number of benzene rings is 2. The molecule has 1 heteroatoms. The minimum absolute atomic E-state index is 0.0247. The number of hydrogen-bond acceptors (Lipinski definition) is 1. The van der Waals surface area contributed by atoms with Gasteiger partial charge in [-0.3, -0.25) is 0 Å². The Morgan fingerprint density at radius 2 is 0.966 bits per heavy atom. The fraction of sp³-hybridized carbons (Fsp3) is 0.754. The Balaban J connectivity index is 0.000000830. The van der Waals surface area contributed by atoms with Crippen molar-refractivity contribution in [2.45, 2.75) is 254 Å². The summed E-state index contributed by atoms with van der Waals surface area (Å²) >= 11 is 1.97. The second-order valence-corrected chi connectivity index (χ2v) is 20.1. The second kappa shape index (κ2) is 33.2. The molecule has 0 aliphatic rings. The van der Waals surface area contributed by atoms with E-state index in [1.165, 1.54) is 218 Å². The van der Waals surface area contributed by atoms with Gasteiger partial charge < -0.3 is 0 Å². The summed E-state index contributed by atoms with van der Waals surface area (Å²) < 4.78 is 0. The zero-order chi connectivity index (χ0) is 43.2. The van der Waals surface area contributed by atoms with E-state index in [4.69, 9.17) is 6.58 Å². The second-order valence-electron chi connectivity index (χ2n) is 19.2. The highest BCUT2D eigenvalue weighted by atomic mass is 32.2. The van der Waals surface area contributed by atoms with Gasteiger partial charge in [-0.25, -0.2) is 0 Å². The smallest absolute Gasteiger partial charge is 0.0139 e. The van der Waals surface area contributed by atoms with Crippen molar-refractivity contribution in [3.63, 3.8) is 0 Å². The lowest BCUT2D eigenvalue weighted by Crippen LogP contribution is -2.19. The molecule has 0 N–H and O–H groups in total. The van der Waals surface area contributed by atoms with Gasteiger partial charge in [0.15, 0.2) is 0 Å². The minimum atomic E-state index is -0.0247. The highest BCUT2D eigenvalue weighted by molar-refractivity contribution is 7.98. The molecule has 0 aromatic heterocycles. The number of hydrogen-bond donors (Lipinski definition) is 0. The minimum Gasteiger partial charge on any atom is -0.164 e. The first-order chi connectivity index (χ1) is 27.9. The van der Waals surface area contributed by atoms with Crippen LogP contribution in [0.3, 0.4) is 0 Å². The van der Waals surface area contributed by atoms with Crippen LogP contribution in [0.15, 0.2) is 48.6 Å². The summed E-state index contributed by atoms with van der Waals surface area (Å²) in [6.45, 7) is 32.0.